The molecule has 1 saturated heterocycles. The SMILES string of the molecule is CC1(C)OB(/C=C/c2ccc(NC3CC3)cn2)OC1(C)C. The molecule has 112 valence electrons. The molecule has 1 aliphatic heterocycles. The molecule has 4 nitrogen and oxygen atoms in total. The van der Waals surface area contributed by atoms with Crippen molar-refractivity contribution in [3.63, 3.8) is 0 Å². The van der Waals surface area contributed by atoms with Crippen LogP contribution in [0.15, 0.2) is 24.3 Å². The minimum Gasteiger partial charge on any atom is -0.400 e. The van der Waals surface area contributed by atoms with Gasteiger partial charge in [0.15, 0.2) is 0 Å². The first-order valence-corrected chi connectivity index (χ1v) is 7.62. The van der Waals surface area contributed by atoms with E-state index in [4.69, 9.17) is 9.31 Å². The Bertz CT molecular complexity index is 520. The van der Waals surface area contributed by atoms with Crippen molar-refractivity contribution < 1.29 is 9.31 Å². The number of hydrogen-bond acceptors (Lipinski definition) is 4. The maximum atomic E-state index is 5.92. The van der Waals surface area contributed by atoms with E-state index in [0.717, 1.165) is 11.4 Å². The second-order valence-corrected chi connectivity index (χ2v) is 6.87. The number of nitrogens with one attached hydrogen (secondary N) is 1. The number of hydrogen-bond donors (Lipinski definition) is 1. The van der Waals surface area contributed by atoms with Crippen LogP contribution in [-0.4, -0.2) is 29.3 Å². The van der Waals surface area contributed by atoms with Crippen molar-refractivity contribution in [2.45, 2.75) is 57.8 Å². The van der Waals surface area contributed by atoms with Gasteiger partial charge in [-0.2, -0.15) is 0 Å². The van der Waals surface area contributed by atoms with Crippen LogP contribution in [0.25, 0.3) is 6.08 Å². The zero-order chi connectivity index (χ0) is 15.1. The van der Waals surface area contributed by atoms with Gasteiger partial charge < -0.3 is 14.6 Å². The summed E-state index contributed by atoms with van der Waals surface area (Å²) in [5.41, 5.74) is 1.40. The van der Waals surface area contributed by atoms with Crippen molar-refractivity contribution in [2.24, 2.45) is 0 Å². The molecule has 0 amide bonds. The second kappa shape index (κ2) is 5.14. The van der Waals surface area contributed by atoms with Crippen LogP contribution in [0.2, 0.25) is 0 Å². The third-order valence-corrected chi connectivity index (χ3v) is 4.43. The van der Waals surface area contributed by atoms with E-state index in [9.17, 15) is 0 Å². The fourth-order valence-corrected chi connectivity index (χ4v) is 2.20. The van der Waals surface area contributed by atoms with Crippen molar-refractivity contribution >= 4 is 18.9 Å². The van der Waals surface area contributed by atoms with Crippen LogP contribution in [0.3, 0.4) is 0 Å². The monoisotopic (exact) mass is 286 g/mol. The van der Waals surface area contributed by atoms with E-state index in [2.05, 4.69) is 44.1 Å². The molecule has 1 aromatic rings. The van der Waals surface area contributed by atoms with Gasteiger partial charge in [-0.1, -0.05) is 5.98 Å². The molecule has 0 unspecified atom stereocenters. The quantitative estimate of drug-likeness (QED) is 0.862. The van der Waals surface area contributed by atoms with Gasteiger partial charge in [0, 0.05) is 6.04 Å². The fraction of sp³-hybridized carbons (Fsp3) is 0.562. The minimum absolute atomic E-state index is 0.298. The van der Waals surface area contributed by atoms with Crippen LogP contribution < -0.4 is 5.32 Å². The maximum absolute atomic E-state index is 5.92. The average molecular weight is 286 g/mol. The number of rotatable bonds is 4. The van der Waals surface area contributed by atoms with E-state index in [0.29, 0.717) is 6.04 Å². The molecular formula is C16H23BN2O2. The Labute approximate surface area is 127 Å². The number of aromatic nitrogens is 1. The summed E-state index contributed by atoms with van der Waals surface area (Å²) in [6.45, 7) is 8.21. The Kier molecular flexibility index (Phi) is 3.58. The van der Waals surface area contributed by atoms with Crippen LogP contribution in [0, 0.1) is 0 Å². The van der Waals surface area contributed by atoms with E-state index in [-0.39, 0.29) is 18.3 Å². The summed E-state index contributed by atoms with van der Waals surface area (Å²) in [5.74, 6) is 1.92. The molecule has 3 rings (SSSR count). The van der Waals surface area contributed by atoms with Gasteiger partial charge in [0.1, 0.15) is 0 Å². The highest BCUT2D eigenvalue weighted by Gasteiger charge is 2.49. The van der Waals surface area contributed by atoms with Crippen molar-refractivity contribution in [1.29, 1.82) is 0 Å². The molecule has 0 bridgehead atoms. The summed E-state index contributed by atoms with van der Waals surface area (Å²) in [4.78, 5) is 4.43. The average Bonchev–Trinajstić information content (AvgIpc) is 3.17. The molecule has 0 aromatic carbocycles. The summed E-state index contributed by atoms with van der Waals surface area (Å²) >= 11 is 0. The topological polar surface area (TPSA) is 43.4 Å². The lowest BCUT2D eigenvalue weighted by Crippen LogP contribution is -2.41. The van der Waals surface area contributed by atoms with Crippen molar-refractivity contribution in [2.75, 3.05) is 5.32 Å². The lowest BCUT2D eigenvalue weighted by Gasteiger charge is -2.32. The summed E-state index contributed by atoms with van der Waals surface area (Å²) in [5, 5.41) is 3.43. The van der Waals surface area contributed by atoms with Crippen LogP contribution in [0.5, 0.6) is 0 Å². The number of anilines is 1. The largest absolute Gasteiger partial charge is 0.487 e. The van der Waals surface area contributed by atoms with Crippen molar-refractivity contribution in [3.8, 4) is 0 Å². The molecular weight excluding hydrogens is 263 g/mol. The minimum atomic E-state index is -0.318. The molecule has 2 heterocycles. The van der Waals surface area contributed by atoms with Gasteiger partial charge in [0.25, 0.3) is 0 Å². The highest BCUT2D eigenvalue weighted by molar-refractivity contribution is 6.52. The van der Waals surface area contributed by atoms with Crippen molar-refractivity contribution in [3.05, 3.63) is 30.0 Å². The van der Waals surface area contributed by atoms with Crippen LogP contribution in [0.1, 0.15) is 46.2 Å². The lowest BCUT2D eigenvalue weighted by atomic mass is 9.89. The zero-order valence-electron chi connectivity index (χ0n) is 13.2. The molecule has 21 heavy (non-hydrogen) atoms. The number of pyridine rings is 1. The number of nitrogens with zero attached hydrogens (tertiary/aromatic N) is 1. The first-order chi connectivity index (χ1) is 9.86. The Hall–Kier alpha value is -1.33. The van der Waals surface area contributed by atoms with Gasteiger partial charge in [-0.15, -0.1) is 0 Å². The molecule has 1 aromatic heterocycles. The summed E-state index contributed by atoms with van der Waals surface area (Å²) in [7, 11) is -0.318. The Morgan fingerprint density at radius 3 is 2.38 bits per heavy atom. The van der Waals surface area contributed by atoms with E-state index >= 15 is 0 Å². The molecule has 5 heteroatoms. The summed E-state index contributed by atoms with van der Waals surface area (Å²) in [6, 6.07) is 4.72. The predicted octanol–water partition coefficient (Wildman–Crippen LogP) is 3.30. The summed E-state index contributed by atoms with van der Waals surface area (Å²) in [6.07, 6.45) is 6.36. The van der Waals surface area contributed by atoms with E-state index < -0.39 is 0 Å². The zero-order valence-corrected chi connectivity index (χ0v) is 13.2. The molecule has 2 aliphatic rings. The van der Waals surface area contributed by atoms with Gasteiger partial charge in [-0.25, -0.2) is 0 Å². The highest BCUT2D eigenvalue weighted by atomic mass is 16.7. The normalized spacial score (nSPS) is 23.7. The van der Waals surface area contributed by atoms with Crippen LogP contribution >= 0.6 is 0 Å². The van der Waals surface area contributed by atoms with Crippen molar-refractivity contribution in [1.82, 2.24) is 4.98 Å². The maximum Gasteiger partial charge on any atom is 0.487 e. The first kappa shape index (κ1) is 14.6. The van der Waals surface area contributed by atoms with Gasteiger partial charge in [0.05, 0.1) is 28.8 Å². The van der Waals surface area contributed by atoms with E-state index in [1.54, 1.807) is 0 Å². The van der Waals surface area contributed by atoms with Gasteiger partial charge in [0.2, 0.25) is 0 Å². The lowest BCUT2D eigenvalue weighted by molar-refractivity contribution is 0.00578. The Balaban J connectivity index is 1.61. The third-order valence-electron chi connectivity index (χ3n) is 4.43. The molecule has 0 radical (unpaired) electrons. The van der Waals surface area contributed by atoms with Crippen LogP contribution in [0.4, 0.5) is 5.69 Å². The smallest absolute Gasteiger partial charge is 0.400 e. The van der Waals surface area contributed by atoms with E-state index in [1.165, 1.54) is 12.8 Å². The fourth-order valence-electron chi connectivity index (χ4n) is 2.20. The Morgan fingerprint density at radius 1 is 1.19 bits per heavy atom. The van der Waals surface area contributed by atoms with Gasteiger partial charge in [-0.05, 0) is 58.7 Å². The molecule has 1 aliphatic carbocycles. The molecule has 1 N–H and O–H groups in total. The third kappa shape index (κ3) is 3.30. The first-order valence-electron chi connectivity index (χ1n) is 7.62. The second-order valence-electron chi connectivity index (χ2n) is 6.87. The highest BCUT2D eigenvalue weighted by Crippen LogP contribution is 2.37. The standard InChI is InChI=1S/C16H23BN2O2/c1-15(2)16(3,4)21-17(20-15)10-9-12-5-8-14(11-18-12)19-13-6-7-13/h5,8-11,13,19H,6-7H2,1-4H3/b10-9+. The molecule has 2 fully saturated rings. The summed E-state index contributed by atoms with van der Waals surface area (Å²) < 4.78 is 11.8. The van der Waals surface area contributed by atoms with E-state index in [1.807, 2.05) is 24.3 Å². The molecule has 1 saturated carbocycles. The Morgan fingerprint density at radius 2 is 1.86 bits per heavy atom. The van der Waals surface area contributed by atoms with Gasteiger partial charge >= 0.3 is 7.12 Å². The molecule has 0 spiro atoms. The van der Waals surface area contributed by atoms with Crippen LogP contribution in [-0.2, 0) is 9.31 Å². The predicted molar refractivity (Wildman–Crippen MR) is 86.0 cm³/mol. The van der Waals surface area contributed by atoms with Gasteiger partial charge in [-0.3, -0.25) is 4.98 Å². The molecule has 0 atom stereocenters.